The maximum Gasteiger partial charge on any atom is 0.308 e. The van der Waals surface area contributed by atoms with E-state index in [1.807, 2.05) is 30.3 Å². The van der Waals surface area contributed by atoms with Crippen molar-refractivity contribution in [2.45, 2.75) is 38.7 Å². The van der Waals surface area contributed by atoms with Gasteiger partial charge in [-0.25, -0.2) is 0 Å². The second-order valence-electron chi connectivity index (χ2n) is 7.43. The van der Waals surface area contributed by atoms with E-state index in [-0.39, 0.29) is 11.9 Å². The molecule has 2 aromatic carbocycles. The number of aromatic nitrogens is 1. The molecule has 0 saturated carbocycles. The van der Waals surface area contributed by atoms with Crippen molar-refractivity contribution in [3.8, 4) is 5.75 Å². The van der Waals surface area contributed by atoms with Crippen LogP contribution in [-0.2, 0) is 29.0 Å². The minimum atomic E-state index is -0.112. The van der Waals surface area contributed by atoms with Crippen LogP contribution < -0.4 is 4.74 Å². The first-order chi connectivity index (χ1) is 14.7. The Morgan fingerprint density at radius 3 is 2.30 bits per heavy atom. The SMILES string of the molecule is COC(=O)C(CCCc1ccccc1)CCc1ccc(OCc2cccnc2)cc1. The number of rotatable bonds is 11. The monoisotopic (exact) mass is 403 g/mol. The molecule has 0 aliphatic heterocycles. The molecule has 0 aliphatic rings. The predicted molar refractivity (Wildman–Crippen MR) is 118 cm³/mol. The van der Waals surface area contributed by atoms with Crippen LogP contribution in [-0.4, -0.2) is 18.1 Å². The lowest BCUT2D eigenvalue weighted by Gasteiger charge is -2.15. The summed E-state index contributed by atoms with van der Waals surface area (Å²) in [4.78, 5) is 16.3. The van der Waals surface area contributed by atoms with E-state index in [1.54, 1.807) is 12.4 Å². The molecule has 0 spiro atoms. The number of carbonyl (C=O) groups is 1. The number of ether oxygens (including phenoxy) is 2. The van der Waals surface area contributed by atoms with Crippen molar-refractivity contribution in [1.29, 1.82) is 0 Å². The van der Waals surface area contributed by atoms with E-state index >= 15 is 0 Å². The average molecular weight is 404 g/mol. The Balaban J connectivity index is 1.46. The van der Waals surface area contributed by atoms with Crippen molar-refractivity contribution in [3.05, 3.63) is 95.8 Å². The lowest BCUT2D eigenvalue weighted by molar-refractivity contribution is -0.145. The first-order valence-electron chi connectivity index (χ1n) is 10.5. The Morgan fingerprint density at radius 1 is 0.867 bits per heavy atom. The number of aryl methyl sites for hydroxylation is 2. The van der Waals surface area contributed by atoms with Gasteiger partial charge in [-0.2, -0.15) is 0 Å². The van der Waals surface area contributed by atoms with E-state index in [9.17, 15) is 4.79 Å². The molecule has 3 rings (SSSR count). The Morgan fingerprint density at radius 2 is 1.60 bits per heavy atom. The third-order valence-electron chi connectivity index (χ3n) is 5.23. The molecule has 0 aliphatic carbocycles. The van der Waals surface area contributed by atoms with E-state index in [0.29, 0.717) is 6.61 Å². The smallest absolute Gasteiger partial charge is 0.308 e. The van der Waals surface area contributed by atoms with Crippen molar-refractivity contribution in [2.75, 3.05) is 7.11 Å². The number of hydrogen-bond acceptors (Lipinski definition) is 4. The van der Waals surface area contributed by atoms with Crippen LogP contribution >= 0.6 is 0 Å². The fourth-order valence-corrected chi connectivity index (χ4v) is 3.49. The van der Waals surface area contributed by atoms with E-state index in [0.717, 1.165) is 43.4 Å². The third-order valence-corrected chi connectivity index (χ3v) is 5.23. The van der Waals surface area contributed by atoms with Gasteiger partial charge in [0.25, 0.3) is 0 Å². The van der Waals surface area contributed by atoms with Gasteiger partial charge < -0.3 is 9.47 Å². The lowest BCUT2D eigenvalue weighted by atomic mass is 9.93. The summed E-state index contributed by atoms with van der Waals surface area (Å²) in [5.74, 6) is 0.648. The minimum Gasteiger partial charge on any atom is -0.489 e. The molecule has 4 nitrogen and oxygen atoms in total. The molecule has 0 fully saturated rings. The summed E-state index contributed by atoms with van der Waals surface area (Å²) in [6.45, 7) is 0.499. The maximum absolute atomic E-state index is 12.2. The zero-order chi connectivity index (χ0) is 21.0. The number of nitrogens with zero attached hydrogens (tertiary/aromatic N) is 1. The fraction of sp³-hybridized carbons (Fsp3) is 0.308. The Labute approximate surface area is 178 Å². The molecule has 156 valence electrons. The number of benzene rings is 2. The molecule has 0 radical (unpaired) electrons. The summed E-state index contributed by atoms with van der Waals surface area (Å²) in [7, 11) is 1.47. The van der Waals surface area contributed by atoms with Crippen molar-refractivity contribution in [1.82, 2.24) is 4.98 Å². The second kappa shape index (κ2) is 11.8. The van der Waals surface area contributed by atoms with Crippen molar-refractivity contribution >= 4 is 5.97 Å². The second-order valence-corrected chi connectivity index (χ2v) is 7.43. The highest BCUT2D eigenvalue weighted by Gasteiger charge is 2.18. The van der Waals surface area contributed by atoms with Gasteiger partial charge in [-0.15, -0.1) is 0 Å². The standard InChI is InChI=1S/C26H29NO3/c1-29-26(28)24(11-5-9-21-7-3-2-4-8-21)15-12-22-13-16-25(17-14-22)30-20-23-10-6-18-27-19-23/h2-4,6-8,10,13-14,16-19,24H,5,9,11-12,15,20H2,1H3. The molecule has 4 heteroatoms. The Kier molecular flexibility index (Phi) is 8.46. The largest absolute Gasteiger partial charge is 0.489 e. The third kappa shape index (κ3) is 7.03. The van der Waals surface area contributed by atoms with Crippen molar-refractivity contribution < 1.29 is 14.3 Å². The van der Waals surface area contributed by atoms with Crippen LogP contribution in [0.15, 0.2) is 79.1 Å². The number of esters is 1. The average Bonchev–Trinajstić information content (AvgIpc) is 2.81. The zero-order valence-electron chi connectivity index (χ0n) is 17.5. The maximum atomic E-state index is 12.2. The van der Waals surface area contributed by atoms with Crippen LogP contribution in [0.1, 0.15) is 36.0 Å². The highest BCUT2D eigenvalue weighted by molar-refractivity contribution is 5.72. The van der Waals surface area contributed by atoms with Crippen LogP contribution in [0.25, 0.3) is 0 Å². The van der Waals surface area contributed by atoms with Gasteiger partial charge in [0, 0.05) is 18.0 Å². The topological polar surface area (TPSA) is 48.4 Å². The predicted octanol–water partition coefficient (Wildman–Crippen LogP) is 5.41. The summed E-state index contributed by atoms with van der Waals surface area (Å²) in [5.41, 5.74) is 3.54. The summed E-state index contributed by atoms with van der Waals surface area (Å²) >= 11 is 0. The first kappa shape index (κ1) is 21.6. The van der Waals surface area contributed by atoms with Gasteiger partial charge in [0.05, 0.1) is 13.0 Å². The molecule has 0 N–H and O–H groups in total. The lowest BCUT2D eigenvalue weighted by Crippen LogP contribution is -2.17. The van der Waals surface area contributed by atoms with Gasteiger partial charge in [-0.1, -0.05) is 48.5 Å². The normalized spacial score (nSPS) is 11.6. The van der Waals surface area contributed by atoms with Crippen LogP contribution in [0.3, 0.4) is 0 Å². The zero-order valence-corrected chi connectivity index (χ0v) is 17.5. The van der Waals surface area contributed by atoms with Gasteiger partial charge in [-0.05, 0) is 61.4 Å². The van der Waals surface area contributed by atoms with Gasteiger partial charge >= 0.3 is 5.97 Å². The molecule has 1 heterocycles. The van der Waals surface area contributed by atoms with Crippen LogP contribution in [0.5, 0.6) is 5.75 Å². The summed E-state index contributed by atoms with van der Waals surface area (Å²) in [5, 5.41) is 0. The Bertz CT molecular complexity index is 879. The molecule has 1 atom stereocenters. The molecule has 1 unspecified atom stereocenters. The van der Waals surface area contributed by atoms with Crippen LogP contribution in [0.4, 0.5) is 0 Å². The van der Waals surface area contributed by atoms with Gasteiger partial charge in [-0.3, -0.25) is 9.78 Å². The van der Waals surface area contributed by atoms with E-state index in [2.05, 4.69) is 41.4 Å². The summed E-state index contributed by atoms with van der Waals surface area (Å²) in [6.07, 6.45) is 7.99. The molecule has 0 saturated heterocycles. The van der Waals surface area contributed by atoms with Crippen LogP contribution in [0, 0.1) is 5.92 Å². The first-order valence-corrected chi connectivity index (χ1v) is 10.5. The number of methoxy groups -OCH3 is 1. The molecular formula is C26H29NO3. The highest BCUT2D eigenvalue weighted by atomic mass is 16.5. The number of carbonyl (C=O) groups excluding carboxylic acids is 1. The van der Waals surface area contributed by atoms with Crippen molar-refractivity contribution in [2.24, 2.45) is 5.92 Å². The molecule has 0 amide bonds. The molecule has 30 heavy (non-hydrogen) atoms. The van der Waals surface area contributed by atoms with Gasteiger partial charge in [0.2, 0.25) is 0 Å². The minimum absolute atomic E-state index is 0.0692. The van der Waals surface area contributed by atoms with Crippen molar-refractivity contribution in [3.63, 3.8) is 0 Å². The molecule has 1 aromatic heterocycles. The quantitative estimate of drug-likeness (QED) is 0.402. The number of hydrogen-bond donors (Lipinski definition) is 0. The highest BCUT2D eigenvalue weighted by Crippen LogP contribution is 2.20. The van der Waals surface area contributed by atoms with Gasteiger partial charge in [0.1, 0.15) is 12.4 Å². The van der Waals surface area contributed by atoms with Gasteiger partial charge in [0.15, 0.2) is 0 Å². The van der Waals surface area contributed by atoms with E-state index in [4.69, 9.17) is 9.47 Å². The summed E-state index contributed by atoms with van der Waals surface area (Å²) < 4.78 is 10.8. The fourth-order valence-electron chi connectivity index (χ4n) is 3.49. The van der Waals surface area contributed by atoms with Crippen LogP contribution in [0.2, 0.25) is 0 Å². The number of pyridine rings is 1. The summed E-state index contributed by atoms with van der Waals surface area (Å²) in [6, 6.07) is 22.4. The van der Waals surface area contributed by atoms with E-state index in [1.165, 1.54) is 18.2 Å². The van der Waals surface area contributed by atoms with E-state index < -0.39 is 0 Å². The molecular weight excluding hydrogens is 374 g/mol. The molecule has 3 aromatic rings. The Hall–Kier alpha value is -3.14. The molecule has 0 bridgehead atoms.